The van der Waals surface area contributed by atoms with E-state index in [1.165, 1.54) is 11.6 Å². The minimum Gasteiger partial charge on any atom is -0.401 e. The first-order chi connectivity index (χ1) is 18.3. The predicted octanol–water partition coefficient (Wildman–Crippen LogP) is 4.66. The summed E-state index contributed by atoms with van der Waals surface area (Å²) < 4.78 is 17.1. The summed E-state index contributed by atoms with van der Waals surface area (Å²) in [4.78, 5) is 17.7. The van der Waals surface area contributed by atoms with Crippen molar-refractivity contribution in [2.75, 3.05) is 17.3 Å². The second-order valence-electron chi connectivity index (χ2n) is 10.4. The molecule has 8 nitrogen and oxygen atoms in total. The predicted molar refractivity (Wildman–Crippen MR) is 151 cm³/mol. The third-order valence-electron chi connectivity index (χ3n) is 7.78. The standard InChI is InChI=1S/C28H36FN7OS/c1-4-20(31)23(15(2)30)17-8-9-22(33-27(17)29)34-28(37)26-24(16-6-7-16)18-14-19(18)25(35-26)21-10-11-32-36(21)12-5-13-38-3/h8-11,16,18,24,26,30,35H,4-7,12-14,31H2,1-3H3,(H,33,34,37)/b23-20+,30-15?/t18?,24?,26-/m0/s1. The lowest BCUT2D eigenvalue weighted by Crippen LogP contribution is -2.49. The van der Waals surface area contributed by atoms with Crippen LogP contribution < -0.4 is 16.4 Å². The van der Waals surface area contributed by atoms with E-state index < -0.39 is 12.0 Å². The molecule has 1 aliphatic heterocycles. The number of thioether (sulfide) groups is 1. The van der Waals surface area contributed by atoms with Crippen LogP contribution in [-0.4, -0.2) is 44.4 Å². The molecule has 2 aromatic rings. The number of nitrogens with one attached hydrogen (secondary N) is 3. The van der Waals surface area contributed by atoms with Crippen molar-refractivity contribution in [1.29, 1.82) is 5.41 Å². The van der Waals surface area contributed by atoms with Crippen LogP contribution in [0.5, 0.6) is 0 Å². The number of carbonyl (C=O) groups is 1. The maximum atomic E-state index is 15.1. The van der Waals surface area contributed by atoms with Crippen LogP contribution >= 0.6 is 11.8 Å². The molecule has 0 aromatic carbocycles. The topological polar surface area (TPSA) is 122 Å². The van der Waals surface area contributed by atoms with Crippen LogP contribution in [-0.2, 0) is 11.3 Å². The normalized spacial score (nSPS) is 22.9. The van der Waals surface area contributed by atoms with Crippen LogP contribution in [0.1, 0.15) is 57.2 Å². The molecule has 0 bridgehead atoms. The van der Waals surface area contributed by atoms with E-state index in [1.807, 2.05) is 35.6 Å². The van der Waals surface area contributed by atoms with Gasteiger partial charge >= 0.3 is 0 Å². The number of hydrogen-bond donors (Lipinski definition) is 4. The molecule has 3 atom stereocenters. The Balaban J connectivity index is 1.37. The van der Waals surface area contributed by atoms with Crippen LogP contribution in [0.15, 0.2) is 35.7 Å². The largest absolute Gasteiger partial charge is 0.401 e. The highest BCUT2D eigenvalue weighted by atomic mass is 32.2. The minimum absolute atomic E-state index is 0.152. The van der Waals surface area contributed by atoms with E-state index in [1.54, 1.807) is 13.0 Å². The molecule has 0 spiro atoms. The van der Waals surface area contributed by atoms with Gasteiger partial charge in [0.25, 0.3) is 0 Å². The van der Waals surface area contributed by atoms with Gasteiger partial charge in [0.05, 0.1) is 11.4 Å². The summed E-state index contributed by atoms with van der Waals surface area (Å²) in [5, 5.41) is 19.0. The summed E-state index contributed by atoms with van der Waals surface area (Å²) in [6.45, 7) is 4.27. The molecule has 0 saturated heterocycles. The fourth-order valence-electron chi connectivity index (χ4n) is 5.74. The second kappa shape index (κ2) is 10.9. The Morgan fingerprint density at radius 2 is 2.13 bits per heavy atom. The van der Waals surface area contributed by atoms with Gasteiger partial charge in [-0.25, -0.2) is 4.98 Å². The number of fused-ring (bicyclic) bond motifs is 1. The Hall–Kier alpha value is -3.14. The third-order valence-corrected chi connectivity index (χ3v) is 8.48. The van der Waals surface area contributed by atoms with E-state index in [0.717, 1.165) is 49.4 Å². The highest BCUT2D eigenvalue weighted by Gasteiger charge is 2.55. The molecular weight excluding hydrogens is 501 g/mol. The van der Waals surface area contributed by atoms with Gasteiger partial charge in [-0.1, -0.05) is 6.92 Å². The number of anilines is 1. The van der Waals surface area contributed by atoms with Gasteiger partial charge in [0, 0.05) is 35.3 Å². The number of amides is 1. The maximum absolute atomic E-state index is 15.1. The number of nitrogens with zero attached hydrogens (tertiary/aromatic N) is 3. The average Bonchev–Trinajstić information content (AvgIpc) is 3.82. The molecule has 202 valence electrons. The average molecular weight is 538 g/mol. The minimum atomic E-state index is -0.754. The van der Waals surface area contributed by atoms with E-state index >= 15 is 4.39 Å². The van der Waals surface area contributed by atoms with Crippen molar-refractivity contribution in [2.45, 2.75) is 58.5 Å². The van der Waals surface area contributed by atoms with E-state index in [-0.39, 0.29) is 28.9 Å². The molecule has 1 amide bonds. The second-order valence-corrected chi connectivity index (χ2v) is 11.4. The van der Waals surface area contributed by atoms with Crippen molar-refractivity contribution in [3.05, 3.63) is 52.9 Å². The van der Waals surface area contributed by atoms with E-state index in [0.29, 0.717) is 29.5 Å². The van der Waals surface area contributed by atoms with Gasteiger partial charge in [0.15, 0.2) is 0 Å². The number of allylic oxidation sites excluding steroid dienone is 3. The monoisotopic (exact) mass is 537 g/mol. The van der Waals surface area contributed by atoms with Gasteiger partial charge in [-0.2, -0.15) is 21.3 Å². The van der Waals surface area contributed by atoms with Crippen LogP contribution in [0.4, 0.5) is 10.2 Å². The summed E-state index contributed by atoms with van der Waals surface area (Å²) in [6.07, 6.45) is 8.73. The number of halogens is 1. The number of carbonyl (C=O) groups excluding carboxylic acids is 1. The number of nitrogens with two attached hydrogens (primary N) is 1. The van der Waals surface area contributed by atoms with E-state index in [2.05, 4.69) is 27.0 Å². The fourth-order valence-corrected chi connectivity index (χ4v) is 6.16. The van der Waals surface area contributed by atoms with E-state index in [4.69, 9.17) is 11.1 Å². The highest BCUT2D eigenvalue weighted by molar-refractivity contribution is 7.98. The van der Waals surface area contributed by atoms with Crippen molar-refractivity contribution >= 4 is 40.5 Å². The molecule has 2 aliphatic carbocycles. The first-order valence-electron chi connectivity index (χ1n) is 13.4. The van der Waals surface area contributed by atoms with Crippen molar-refractivity contribution in [1.82, 2.24) is 20.1 Å². The molecule has 2 saturated carbocycles. The van der Waals surface area contributed by atoms with E-state index in [9.17, 15) is 4.79 Å². The molecular formula is C28H36FN7OS. The van der Waals surface area contributed by atoms with Crippen molar-refractivity contribution < 1.29 is 9.18 Å². The molecule has 0 radical (unpaired) electrons. The third kappa shape index (κ3) is 5.23. The van der Waals surface area contributed by atoms with Gasteiger partial charge in [-0.05, 0) is 92.6 Å². The zero-order valence-electron chi connectivity index (χ0n) is 22.2. The quantitative estimate of drug-likeness (QED) is 0.188. The SMILES string of the molecule is CC/C(N)=C(/C(C)=N)c1ccc(NC(=O)[C@H]2NC(c3ccnn3CCCSC)=C3CC3C2C2CC2)nc1F. The Kier molecular flexibility index (Phi) is 7.61. The molecule has 3 heterocycles. The molecule has 3 aliphatic rings. The number of pyridine rings is 1. The lowest BCUT2D eigenvalue weighted by atomic mass is 9.85. The fraction of sp³-hybridized carbons (Fsp3) is 0.500. The Morgan fingerprint density at radius 1 is 1.34 bits per heavy atom. The van der Waals surface area contributed by atoms with Gasteiger partial charge in [-0.15, -0.1) is 0 Å². The number of aromatic nitrogens is 3. The molecule has 10 heteroatoms. The Bertz CT molecular complexity index is 1310. The lowest BCUT2D eigenvalue weighted by molar-refractivity contribution is -0.119. The number of aryl methyl sites for hydroxylation is 1. The molecule has 2 unspecified atom stereocenters. The zero-order chi connectivity index (χ0) is 27.0. The van der Waals surface area contributed by atoms with Crippen LogP contribution in [0.25, 0.3) is 11.3 Å². The van der Waals surface area contributed by atoms with Gasteiger partial charge in [0.1, 0.15) is 11.9 Å². The highest BCUT2D eigenvalue weighted by Crippen LogP contribution is 2.58. The van der Waals surface area contributed by atoms with Crippen molar-refractivity contribution in [3.63, 3.8) is 0 Å². The summed E-state index contributed by atoms with van der Waals surface area (Å²) >= 11 is 1.82. The van der Waals surface area contributed by atoms with Crippen molar-refractivity contribution in [3.8, 4) is 0 Å². The Morgan fingerprint density at radius 3 is 2.79 bits per heavy atom. The smallest absolute Gasteiger partial charge is 0.248 e. The van der Waals surface area contributed by atoms with Gasteiger partial charge in [-0.3, -0.25) is 9.48 Å². The van der Waals surface area contributed by atoms with Crippen LogP contribution in [0.2, 0.25) is 0 Å². The summed E-state index contributed by atoms with van der Waals surface area (Å²) in [6, 6.07) is 4.71. The van der Waals surface area contributed by atoms with Crippen LogP contribution in [0.3, 0.4) is 0 Å². The molecule has 2 fully saturated rings. The summed E-state index contributed by atoms with van der Waals surface area (Å²) in [5.74, 6) is 1.42. The summed E-state index contributed by atoms with van der Waals surface area (Å²) in [7, 11) is 0. The number of rotatable bonds is 11. The van der Waals surface area contributed by atoms with Crippen LogP contribution in [0, 0.1) is 29.1 Å². The lowest BCUT2D eigenvalue weighted by Gasteiger charge is -2.32. The zero-order valence-corrected chi connectivity index (χ0v) is 23.0. The van der Waals surface area contributed by atoms with Gasteiger partial charge in [0.2, 0.25) is 11.9 Å². The molecule has 5 rings (SSSR count). The first-order valence-corrected chi connectivity index (χ1v) is 14.8. The Labute approximate surface area is 227 Å². The molecule has 5 N–H and O–H groups in total. The van der Waals surface area contributed by atoms with Crippen molar-refractivity contribution in [2.24, 2.45) is 23.5 Å². The number of hydrogen-bond acceptors (Lipinski definition) is 7. The maximum Gasteiger partial charge on any atom is 0.248 e. The van der Waals surface area contributed by atoms with Gasteiger partial charge < -0.3 is 21.8 Å². The molecule has 38 heavy (non-hydrogen) atoms. The molecule has 2 aromatic heterocycles. The first kappa shape index (κ1) is 26.5. The summed E-state index contributed by atoms with van der Waals surface area (Å²) in [5.41, 5.74) is 10.6.